The number of nitrogens with one attached hydrogen (secondary N) is 1. The van der Waals surface area contributed by atoms with Crippen LogP contribution < -0.4 is 5.43 Å². The minimum atomic E-state index is -4.37. The van der Waals surface area contributed by atoms with E-state index < -0.39 is 17.6 Å². The molecule has 21 heavy (non-hydrogen) atoms. The van der Waals surface area contributed by atoms with Gasteiger partial charge in [-0.05, 0) is 29.8 Å². The number of benzene rings is 1. The quantitative estimate of drug-likeness (QED) is 0.699. The van der Waals surface area contributed by atoms with E-state index in [0.717, 1.165) is 12.1 Å². The standard InChI is InChI=1S/C14H10F3N3O/c15-14(16,17)11-6-4-10(5-7-11)9-19-20-13(21)12-3-1-2-8-18-12/h1-9H,(H,20,21). The average Bonchev–Trinajstić information content (AvgIpc) is 2.47. The second kappa shape index (κ2) is 6.17. The predicted molar refractivity (Wildman–Crippen MR) is 70.7 cm³/mol. The molecule has 0 atom stereocenters. The zero-order chi connectivity index (χ0) is 15.3. The fourth-order valence-corrected chi connectivity index (χ4v) is 1.48. The van der Waals surface area contributed by atoms with E-state index in [0.29, 0.717) is 5.56 Å². The van der Waals surface area contributed by atoms with Gasteiger partial charge in [0.2, 0.25) is 0 Å². The lowest BCUT2D eigenvalue weighted by molar-refractivity contribution is -0.137. The van der Waals surface area contributed by atoms with Gasteiger partial charge >= 0.3 is 6.18 Å². The summed E-state index contributed by atoms with van der Waals surface area (Å²) in [4.78, 5) is 15.4. The third-order valence-electron chi connectivity index (χ3n) is 2.52. The topological polar surface area (TPSA) is 54.4 Å². The van der Waals surface area contributed by atoms with E-state index in [1.807, 2.05) is 0 Å². The molecule has 1 aromatic carbocycles. The summed E-state index contributed by atoms with van der Waals surface area (Å²) >= 11 is 0. The summed E-state index contributed by atoms with van der Waals surface area (Å²) in [5.41, 5.74) is 2.13. The number of pyridine rings is 1. The molecule has 0 saturated heterocycles. The first kappa shape index (κ1) is 14.7. The number of carbonyl (C=O) groups is 1. The Morgan fingerprint density at radius 1 is 1.14 bits per heavy atom. The molecule has 2 aromatic rings. The SMILES string of the molecule is O=C(NN=Cc1ccc(C(F)(F)F)cc1)c1ccccn1. The number of halogens is 3. The van der Waals surface area contributed by atoms with Crippen molar-refractivity contribution in [2.24, 2.45) is 5.10 Å². The molecular weight excluding hydrogens is 283 g/mol. The molecular formula is C14H10F3N3O. The van der Waals surface area contributed by atoms with Gasteiger partial charge in [0.1, 0.15) is 5.69 Å². The molecule has 0 fully saturated rings. The number of carbonyl (C=O) groups excluding carboxylic acids is 1. The highest BCUT2D eigenvalue weighted by Crippen LogP contribution is 2.28. The number of amides is 1. The minimum Gasteiger partial charge on any atom is -0.266 e. The van der Waals surface area contributed by atoms with Crippen LogP contribution in [0.5, 0.6) is 0 Å². The molecule has 0 saturated carbocycles. The van der Waals surface area contributed by atoms with Crippen LogP contribution in [0.3, 0.4) is 0 Å². The minimum absolute atomic E-state index is 0.196. The second-order valence-electron chi connectivity index (χ2n) is 4.03. The Hall–Kier alpha value is -2.70. The number of aromatic nitrogens is 1. The van der Waals surface area contributed by atoms with Crippen molar-refractivity contribution in [1.29, 1.82) is 0 Å². The van der Waals surface area contributed by atoms with Gasteiger partial charge in [0.25, 0.3) is 5.91 Å². The highest BCUT2D eigenvalue weighted by molar-refractivity contribution is 5.93. The molecule has 7 heteroatoms. The van der Waals surface area contributed by atoms with E-state index in [4.69, 9.17) is 0 Å². The van der Waals surface area contributed by atoms with Gasteiger partial charge in [0.05, 0.1) is 11.8 Å². The summed E-state index contributed by atoms with van der Waals surface area (Å²) in [5, 5.41) is 3.66. The Bertz CT molecular complexity index is 637. The van der Waals surface area contributed by atoms with Crippen molar-refractivity contribution in [3.05, 3.63) is 65.5 Å². The van der Waals surface area contributed by atoms with E-state index in [2.05, 4.69) is 15.5 Å². The van der Waals surface area contributed by atoms with Gasteiger partial charge in [-0.3, -0.25) is 9.78 Å². The molecule has 0 aliphatic carbocycles. The largest absolute Gasteiger partial charge is 0.416 e. The molecule has 2 rings (SSSR count). The Morgan fingerprint density at radius 2 is 1.86 bits per heavy atom. The summed E-state index contributed by atoms with van der Waals surface area (Å²) in [6.07, 6.45) is -1.65. The van der Waals surface area contributed by atoms with Crippen LogP contribution in [0.25, 0.3) is 0 Å². The van der Waals surface area contributed by atoms with Gasteiger partial charge in [-0.15, -0.1) is 0 Å². The summed E-state index contributed by atoms with van der Waals surface area (Å²) in [6.45, 7) is 0. The van der Waals surface area contributed by atoms with Gasteiger partial charge in [-0.25, -0.2) is 5.43 Å². The van der Waals surface area contributed by atoms with Gasteiger partial charge in [-0.1, -0.05) is 18.2 Å². The highest BCUT2D eigenvalue weighted by atomic mass is 19.4. The third kappa shape index (κ3) is 4.13. The second-order valence-corrected chi connectivity index (χ2v) is 4.03. The molecule has 4 nitrogen and oxygen atoms in total. The molecule has 1 amide bonds. The van der Waals surface area contributed by atoms with Crippen molar-refractivity contribution in [1.82, 2.24) is 10.4 Å². The number of hydrogen-bond acceptors (Lipinski definition) is 3. The summed E-state index contributed by atoms with van der Waals surface area (Å²) in [6, 6.07) is 9.26. The molecule has 0 aliphatic rings. The summed E-state index contributed by atoms with van der Waals surface area (Å²) < 4.78 is 37.1. The van der Waals surface area contributed by atoms with Gasteiger partial charge < -0.3 is 0 Å². The number of hydrogen-bond donors (Lipinski definition) is 1. The molecule has 1 aromatic heterocycles. The van der Waals surface area contributed by atoms with E-state index in [9.17, 15) is 18.0 Å². The fourth-order valence-electron chi connectivity index (χ4n) is 1.48. The first-order chi connectivity index (χ1) is 9.97. The number of alkyl halides is 3. The first-order valence-electron chi connectivity index (χ1n) is 5.88. The van der Waals surface area contributed by atoms with Crippen molar-refractivity contribution in [3.63, 3.8) is 0 Å². The highest BCUT2D eigenvalue weighted by Gasteiger charge is 2.29. The van der Waals surface area contributed by atoms with Crippen LogP contribution >= 0.6 is 0 Å². The van der Waals surface area contributed by atoms with Crippen LogP contribution in [0, 0.1) is 0 Å². The number of nitrogens with zero attached hydrogens (tertiary/aromatic N) is 2. The van der Waals surface area contributed by atoms with E-state index in [-0.39, 0.29) is 5.69 Å². The lowest BCUT2D eigenvalue weighted by Crippen LogP contribution is -2.18. The van der Waals surface area contributed by atoms with Gasteiger partial charge in [0, 0.05) is 6.20 Å². The molecule has 108 valence electrons. The monoisotopic (exact) mass is 293 g/mol. The van der Waals surface area contributed by atoms with Crippen molar-refractivity contribution in [2.75, 3.05) is 0 Å². The molecule has 0 aliphatic heterocycles. The van der Waals surface area contributed by atoms with Crippen LogP contribution in [0.1, 0.15) is 21.6 Å². The first-order valence-corrected chi connectivity index (χ1v) is 5.88. The summed E-state index contributed by atoms with van der Waals surface area (Å²) in [5.74, 6) is -0.501. The van der Waals surface area contributed by atoms with Crippen LogP contribution in [0.2, 0.25) is 0 Å². The lowest BCUT2D eigenvalue weighted by Gasteiger charge is -2.05. The maximum Gasteiger partial charge on any atom is 0.416 e. The van der Waals surface area contributed by atoms with E-state index in [1.165, 1.54) is 30.6 Å². The van der Waals surface area contributed by atoms with Crippen LogP contribution in [0.15, 0.2) is 53.8 Å². The van der Waals surface area contributed by atoms with Gasteiger partial charge in [0.15, 0.2) is 0 Å². The Kier molecular flexibility index (Phi) is 4.32. The van der Waals surface area contributed by atoms with Crippen LogP contribution in [0.4, 0.5) is 13.2 Å². The molecule has 0 spiro atoms. The Morgan fingerprint density at radius 3 is 2.43 bits per heavy atom. The predicted octanol–water partition coefficient (Wildman–Crippen LogP) is 2.86. The maximum atomic E-state index is 12.4. The van der Waals surface area contributed by atoms with E-state index in [1.54, 1.807) is 12.1 Å². The molecule has 1 heterocycles. The lowest BCUT2D eigenvalue weighted by atomic mass is 10.1. The van der Waals surface area contributed by atoms with Crippen LogP contribution in [-0.2, 0) is 6.18 Å². The smallest absolute Gasteiger partial charge is 0.266 e. The number of hydrazone groups is 1. The van der Waals surface area contributed by atoms with Crippen LogP contribution in [-0.4, -0.2) is 17.1 Å². The van der Waals surface area contributed by atoms with Crippen molar-refractivity contribution < 1.29 is 18.0 Å². The normalized spacial score (nSPS) is 11.6. The fraction of sp³-hybridized carbons (Fsp3) is 0.0714. The Labute approximate surface area is 118 Å². The van der Waals surface area contributed by atoms with E-state index >= 15 is 0 Å². The molecule has 1 N–H and O–H groups in total. The van der Waals surface area contributed by atoms with Gasteiger partial charge in [-0.2, -0.15) is 18.3 Å². The molecule has 0 radical (unpaired) electrons. The third-order valence-corrected chi connectivity index (χ3v) is 2.52. The number of rotatable bonds is 3. The summed E-state index contributed by atoms with van der Waals surface area (Å²) in [7, 11) is 0. The molecule has 0 bridgehead atoms. The molecule has 0 unspecified atom stereocenters. The van der Waals surface area contributed by atoms with Crippen molar-refractivity contribution >= 4 is 12.1 Å². The Balaban J connectivity index is 1.97. The maximum absolute atomic E-state index is 12.4. The van der Waals surface area contributed by atoms with Crippen molar-refractivity contribution in [3.8, 4) is 0 Å². The zero-order valence-electron chi connectivity index (χ0n) is 10.6. The average molecular weight is 293 g/mol. The zero-order valence-corrected chi connectivity index (χ0v) is 10.6. The van der Waals surface area contributed by atoms with Crippen molar-refractivity contribution in [2.45, 2.75) is 6.18 Å².